The Hall–Kier alpha value is -4.11. The maximum Gasteiger partial charge on any atom is 0.439 e. The number of imidazole rings is 1. The first-order valence-electron chi connectivity index (χ1n) is 11.7. The highest BCUT2D eigenvalue weighted by molar-refractivity contribution is 6.32. The van der Waals surface area contributed by atoms with E-state index in [4.69, 9.17) is 16.1 Å². The number of nitrogens with one attached hydrogen (secondary N) is 1. The van der Waals surface area contributed by atoms with E-state index in [1.165, 1.54) is 0 Å². The summed E-state index contributed by atoms with van der Waals surface area (Å²) in [6.07, 6.45) is 5.58. The van der Waals surface area contributed by atoms with E-state index < -0.39 is 11.7 Å². The summed E-state index contributed by atoms with van der Waals surface area (Å²) in [4.78, 5) is 30.5. The Morgan fingerprint density at radius 2 is 1.97 bits per heavy atom. The summed E-state index contributed by atoms with van der Waals surface area (Å²) in [5, 5.41) is 14.6. The number of carbonyl (C=O) groups is 1. The monoisotopic (exact) mass is 505 g/mol. The van der Waals surface area contributed by atoms with Gasteiger partial charge < -0.3 is 14.2 Å². The molecule has 184 valence electrons. The highest BCUT2D eigenvalue weighted by atomic mass is 35.5. The number of aryl methyl sites for hydroxylation is 1. The van der Waals surface area contributed by atoms with E-state index in [0.717, 1.165) is 41.4 Å². The molecule has 0 unspecified atom stereocenters. The van der Waals surface area contributed by atoms with Crippen LogP contribution in [0.1, 0.15) is 48.1 Å². The van der Waals surface area contributed by atoms with E-state index >= 15 is 0 Å². The number of unbranched alkanes of at least 4 members (excludes halogenated alkanes) is 2. The largest absolute Gasteiger partial charge is 0.476 e. The van der Waals surface area contributed by atoms with E-state index in [2.05, 4.69) is 22.0 Å². The van der Waals surface area contributed by atoms with Crippen LogP contribution < -0.4 is 5.76 Å². The SMILES string of the molecule is CCCCCc1nc(Cl)c(C(=O)O)n1Cc1cccc2c1ccn2-c1ccccc1-c1noc(=O)[nH]1. The van der Waals surface area contributed by atoms with Crippen LogP contribution in [0, 0.1) is 0 Å². The second kappa shape index (κ2) is 9.87. The lowest BCUT2D eigenvalue weighted by Gasteiger charge is -2.13. The van der Waals surface area contributed by atoms with Crippen LogP contribution in [0.15, 0.2) is 64.0 Å². The van der Waals surface area contributed by atoms with Gasteiger partial charge in [0.1, 0.15) is 5.82 Å². The zero-order valence-electron chi connectivity index (χ0n) is 19.6. The molecule has 0 fully saturated rings. The predicted molar refractivity (Wildman–Crippen MR) is 136 cm³/mol. The van der Waals surface area contributed by atoms with Crippen LogP contribution in [0.3, 0.4) is 0 Å². The minimum absolute atomic E-state index is 0.0000621. The number of halogens is 1. The molecule has 5 rings (SSSR count). The highest BCUT2D eigenvalue weighted by Gasteiger charge is 2.22. The molecule has 5 aromatic rings. The van der Waals surface area contributed by atoms with Gasteiger partial charge in [0, 0.05) is 23.6 Å². The van der Waals surface area contributed by atoms with Crippen molar-refractivity contribution in [1.29, 1.82) is 0 Å². The lowest BCUT2D eigenvalue weighted by Crippen LogP contribution is -2.13. The number of hydrogen-bond donors (Lipinski definition) is 2. The second-order valence-corrected chi connectivity index (χ2v) is 8.87. The van der Waals surface area contributed by atoms with Crippen molar-refractivity contribution in [2.75, 3.05) is 0 Å². The van der Waals surface area contributed by atoms with Crippen molar-refractivity contribution >= 4 is 28.5 Å². The third-order valence-corrected chi connectivity index (χ3v) is 6.48. The van der Waals surface area contributed by atoms with Gasteiger partial charge in [-0.2, -0.15) is 0 Å². The number of nitrogens with zero attached hydrogens (tertiary/aromatic N) is 4. The lowest BCUT2D eigenvalue weighted by molar-refractivity contribution is 0.0685. The fourth-order valence-corrected chi connectivity index (χ4v) is 4.82. The molecule has 0 aliphatic heterocycles. The fourth-order valence-electron chi connectivity index (χ4n) is 4.54. The Morgan fingerprint density at radius 1 is 1.14 bits per heavy atom. The van der Waals surface area contributed by atoms with Crippen LogP contribution in [0.25, 0.3) is 28.0 Å². The van der Waals surface area contributed by atoms with E-state index in [1.54, 1.807) is 4.57 Å². The Bertz CT molecular complexity index is 1610. The first-order chi connectivity index (χ1) is 17.5. The summed E-state index contributed by atoms with van der Waals surface area (Å²) >= 11 is 6.25. The van der Waals surface area contributed by atoms with Crippen molar-refractivity contribution in [2.24, 2.45) is 0 Å². The highest BCUT2D eigenvalue weighted by Crippen LogP contribution is 2.30. The molecule has 0 spiro atoms. The molecule has 10 heteroatoms. The van der Waals surface area contributed by atoms with Crippen LogP contribution in [0.4, 0.5) is 0 Å². The molecule has 0 atom stereocenters. The van der Waals surface area contributed by atoms with Gasteiger partial charge in [-0.05, 0) is 36.2 Å². The molecule has 9 nitrogen and oxygen atoms in total. The number of aromatic carboxylic acids is 1. The smallest absolute Gasteiger partial charge is 0.439 e. The maximum atomic E-state index is 12.0. The van der Waals surface area contributed by atoms with Gasteiger partial charge in [-0.25, -0.2) is 14.6 Å². The van der Waals surface area contributed by atoms with Crippen molar-refractivity contribution in [3.63, 3.8) is 0 Å². The molecular formula is C26H24ClN5O4. The molecule has 36 heavy (non-hydrogen) atoms. The number of para-hydroxylation sites is 1. The van der Waals surface area contributed by atoms with Crippen molar-refractivity contribution in [3.05, 3.63) is 87.5 Å². The average Bonchev–Trinajstić information content (AvgIpc) is 3.57. The number of carboxylic acid groups (broad SMARTS) is 1. The van der Waals surface area contributed by atoms with Gasteiger partial charge in [0.05, 0.1) is 17.7 Å². The van der Waals surface area contributed by atoms with Crippen molar-refractivity contribution in [3.8, 4) is 17.1 Å². The average molecular weight is 506 g/mol. The molecule has 2 aromatic carbocycles. The van der Waals surface area contributed by atoms with E-state index in [-0.39, 0.29) is 10.8 Å². The van der Waals surface area contributed by atoms with Crippen LogP contribution in [0.2, 0.25) is 5.15 Å². The Morgan fingerprint density at radius 3 is 2.72 bits per heavy atom. The van der Waals surface area contributed by atoms with Crippen molar-refractivity contribution in [1.82, 2.24) is 24.3 Å². The van der Waals surface area contributed by atoms with Crippen molar-refractivity contribution in [2.45, 2.75) is 39.2 Å². The number of H-pyrrole nitrogens is 1. The maximum absolute atomic E-state index is 12.0. The van der Waals surface area contributed by atoms with Gasteiger partial charge >= 0.3 is 11.7 Å². The second-order valence-electron chi connectivity index (χ2n) is 8.51. The zero-order chi connectivity index (χ0) is 25.2. The Labute approximate surface area is 211 Å². The van der Waals surface area contributed by atoms with Gasteiger partial charge in [0.2, 0.25) is 0 Å². The third kappa shape index (κ3) is 4.33. The van der Waals surface area contributed by atoms with Gasteiger partial charge in [-0.3, -0.25) is 9.51 Å². The summed E-state index contributed by atoms with van der Waals surface area (Å²) in [5.74, 6) is -0.718. The summed E-state index contributed by atoms with van der Waals surface area (Å²) < 4.78 is 8.42. The predicted octanol–water partition coefficient (Wildman–Crippen LogP) is 5.30. The molecule has 0 saturated heterocycles. The number of hydrogen-bond acceptors (Lipinski definition) is 5. The molecule has 3 aromatic heterocycles. The molecular weight excluding hydrogens is 482 g/mol. The molecule has 0 aliphatic rings. The van der Waals surface area contributed by atoms with Gasteiger partial charge in [-0.1, -0.05) is 60.8 Å². The standard InChI is InChI=1S/C26H24ClN5O4/c1-2-3-4-12-21-28-23(27)22(25(33)34)32(21)15-16-8-7-11-19-17(16)13-14-31(19)20-10-6-5-9-18(20)24-29-26(35)36-30-24/h5-11,13-14H,2-4,12,15H2,1H3,(H,33,34)(H,29,30,35). The van der Waals surface area contributed by atoms with E-state index in [9.17, 15) is 14.7 Å². The normalized spacial score (nSPS) is 11.4. The number of benzene rings is 2. The van der Waals surface area contributed by atoms with Crippen LogP contribution in [-0.4, -0.2) is 35.3 Å². The Kier molecular flexibility index (Phi) is 6.47. The van der Waals surface area contributed by atoms with Crippen molar-refractivity contribution < 1.29 is 14.4 Å². The summed E-state index contributed by atoms with van der Waals surface area (Å²) in [6.45, 7) is 2.44. The Balaban J connectivity index is 1.58. The van der Waals surface area contributed by atoms with E-state index in [0.29, 0.717) is 30.2 Å². The minimum atomic E-state index is -1.10. The fraction of sp³-hybridized carbons (Fsp3) is 0.231. The number of aromatic nitrogens is 5. The first kappa shape index (κ1) is 23.6. The summed E-state index contributed by atoms with van der Waals surface area (Å²) in [5.41, 5.74) is 3.37. The molecule has 3 heterocycles. The minimum Gasteiger partial charge on any atom is -0.476 e. The molecule has 0 saturated carbocycles. The number of rotatable bonds is 9. The number of carboxylic acids is 1. The van der Waals surface area contributed by atoms with E-state index in [1.807, 2.05) is 59.3 Å². The molecule has 0 aliphatic carbocycles. The van der Waals surface area contributed by atoms with Gasteiger partial charge in [-0.15, -0.1) is 0 Å². The molecule has 0 radical (unpaired) electrons. The quantitative estimate of drug-likeness (QED) is 0.262. The lowest BCUT2D eigenvalue weighted by atomic mass is 10.1. The van der Waals surface area contributed by atoms with Crippen LogP contribution >= 0.6 is 11.6 Å². The topological polar surface area (TPSA) is 119 Å². The zero-order valence-corrected chi connectivity index (χ0v) is 20.3. The van der Waals surface area contributed by atoms with Gasteiger partial charge in [0.15, 0.2) is 16.7 Å². The summed E-state index contributed by atoms with van der Waals surface area (Å²) in [7, 11) is 0. The number of aromatic amines is 1. The third-order valence-electron chi connectivity index (χ3n) is 6.22. The molecule has 2 N–H and O–H groups in total. The molecule has 0 bridgehead atoms. The van der Waals surface area contributed by atoms with Crippen LogP contribution in [-0.2, 0) is 13.0 Å². The number of fused-ring (bicyclic) bond motifs is 1. The molecule has 0 amide bonds. The first-order valence-corrected chi connectivity index (χ1v) is 12.1. The van der Waals surface area contributed by atoms with Crippen LogP contribution in [0.5, 0.6) is 0 Å². The van der Waals surface area contributed by atoms with Gasteiger partial charge in [0.25, 0.3) is 0 Å². The summed E-state index contributed by atoms with van der Waals surface area (Å²) in [6, 6.07) is 15.4.